The van der Waals surface area contributed by atoms with E-state index in [-0.39, 0.29) is 5.41 Å². The van der Waals surface area contributed by atoms with E-state index in [1.165, 1.54) is 5.56 Å². The number of rotatable bonds is 3. The molecule has 104 valence electrons. The monoisotopic (exact) mass is 267 g/mol. The SMILES string of the molecule is CCC1(CC)Cc2ccc(-c3ccccc3)nc2[C@@H]1O. The molecule has 0 radical (unpaired) electrons. The van der Waals surface area contributed by atoms with Gasteiger partial charge in [-0.15, -0.1) is 0 Å². The highest BCUT2D eigenvalue weighted by Gasteiger charge is 2.43. The molecule has 0 bridgehead atoms. The molecule has 2 aromatic rings. The molecule has 1 aliphatic rings. The van der Waals surface area contributed by atoms with Crippen LogP contribution in [-0.2, 0) is 6.42 Å². The highest BCUT2D eigenvalue weighted by Crippen LogP contribution is 2.49. The molecule has 1 N–H and O–H groups in total. The topological polar surface area (TPSA) is 33.1 Å². The van der Waals surface area contributed by atoms with E-state index in [0.717, 1.165) is 36.2 Å². The lowest BCUT2D eigenvalue weighted by atomic mass is 9.78. The van der Waals surface area contributed by atoms with Crippen LogP contribution in [0.25, 0.3) is 11.3 Å². The minimum atomic E-state index is -0.434. The van der Waals surface area contributed by atoms with Crippen LogP contribution in [0.1, 0.15) is 44.1 Å². The smallest absolute Gasteiger partial charge is 0.102 e. The van der Waals surface area contributed by atoms with Crippen molar-refractivity contribution in [2.75, 3.05) is 0 Å². The number of hydrogen-bond donors (Lipinski definition) is 1. The van der Waals surface area contributed by atoms with Gasteiger partial charge in [-0.25, -0.2) is 4.98 Å². The summed E-state index contributed by atoms with van der Waals surface area (Å²) < 4.78 is 0. The van der Waals surface area contributed by atoms with Crippen molar-refractivity contribution >= 4 is 0 Å². The maximum absolute atomic E-state index is 10.7. The number of fused-ring (bicyclic) bond motifs is 1. The Morgan fingerprint density at radius 1 is 1.10 bits per heavy atom. The summed E-state index contributed by atoms with van der Waals surface area (Å²) in [7, 11) is 0. The molecule has 0 saturated carbocycles. The summed E-state index contributed by atoms with van der Waals surface area (Å²) in [6.07, 6.45) is 2.48. The molecule has 0 unspecified atom stereocenters. The van der Waals surface area contributed by atoms with Crippen molar-refractivity contribution in [2.24, 2.45) is 5.41 Å². The van der Waals surface area contributed by atoms with Gasteiger partial charge in [-0.05, 0) is 30.9 Å². The molecule has 1 aromatic carbocycles. The van der Waals surface area contributed by atoms with Crippen molar-refractivity contribution in [3.05, 3.63) is 53.7 Å². The number of hydrogen-bond acceptors (Lipinski definition) is 2. The van der Waals surface area contributed by atoms with Crippen molar-refractivity contribution in [1.82, 2.24) is 4.98 Å². The molecule has 0 spiro atoms. The highest BCUT2D eigenvalue weighted by atomic mass is 16.3. The molecule has 3 rings (SSSR count). The van der Waals surface area contributed by atoms with Crippen molar-refractivity contribution in [1.29, 1.82) is 0 Å². The first-order valence-corrected chi connectivity index (χ1v) is 7.43. The van der Waals surface area contributed by atoms with Crippen LogP contribution >= 0.6 is 0 Å². The molecule has 2 nitrogen and oxygen atoms in total. The van der Waals surface area contributed by atoms with Crippen LogP contribution in [-0.4, -0.2) is 10.1 Å². The Bertz CT molecular complexity index is 602. The molecule has 0 aliphatic heterocycles. The van der Waals surface area contributed by atoms with E-state index >= 15 is 0 Å². The zero-order chi connectivity index (χ0) is 14.2. The Morgan fingerprint density at radius 2 is 1.80 bits per heavy atom. The van der Waals surface area contributed by atoms with E-state index in [1.807, 2.05) is 18.2 Å². The van der Waals surface area contributed by atoms with E-state index in [2.05, 4.69) is 38.1 Å². The third-order valence-electron chi connectivity index (χ3n) is 4.87. The first-order valence-electron chi connectivity index (χ1n) is 7.43. The second kappa shape index (κ2) is 5.02. The zero-order valence-corrected chi connectivity index (χ0v) is 12.1. The molecule has 0 fully saturated rings. The molecule has 1 atom stereocenters. The van der Waals surface area contributed by atoms with E-state index in [0.29, 0.717) is 0 Å². The summed E-state index contributed by atoms with van der Waals surface area (Å²) in [5, 5.41) is 10.7. The first kappa shape index (κ1) is 13.3. The summed E-state index contributed by atoms with van der Waals surface area (Å²) >= 11 is 0. The number of pyridine rings is 1. The molecule has 1 aliphatic carbocycles. The van der Waals surface area contributed by atoms with Gasteiger partial charge in [0.1, 0.15) is 6.10 Å². The fourth-order valence-corrected chi connectivity index (χ4v) is 3.31. The molecule has 0 amide bonds. The zero-order valence-electron chi connectivity index (χ0n) is 12.1. The average Bonchev–Trinajstić information content (AvgIpc) is 2.81. The Morgan fingerprint density at radius 3 is 2.45 bits per heavy atom. The molecular formula is C18H21NO. The van der Waals surface area contributed by atoms with Gasteiger partial charge in [-0.3, -0.25) is 0 Å². The van der Waals surface area contributed by atoms with Gasteiger partial charge in [0.05, 0.1) is 11.4 Å². The van der Waals surface area contributed by atoms with E-state index < -0.39 is 6.10 Å². The lowest BCUT2D eigenvalue weighted by Gasteiger charge is -2.29. The Balaban J connectivity index is 2.03. The van der Waals surface area contributed by atoms with Gasteiger partial charge in [0.25, 0.3) is 0 Å². The normalized spacial score (nSPS) is 19.9. The van der Waals surface area contributed by atoms with E-state index in [1.54, 1.807) is 0 Å². The first-order chi connectivity index (χ1) is 9.70. The number of benzene rings is 1. The maximum atomic E-state index is 10.7. The van der Waals surface area contributed by atoms with Crippen LogP contribution in [0.15, 0.2) is 42.5 Å². The number of nitrogens with zero attached hydrogens (tertiary/aromatic N) is 1. The second-order valence-electron chi connectivity index (χ2n) is 5.76. The van der Waals surface area contributed by atoms with Crippen LogP contribution in [0.3, 0.4) is 0 Å². The predicted octanol–water partition coefficient (Wildman–Crippen LogP) is 4.14. The summed E-state index contributed by atoms with van der Waals surface area (Å²) in [5.41, 5.74) is 4.13. The highest BCUT2D eigenvalue weighted by molar-refractivity contribution is 5.60. The molecule has 1 heterocycles. The third kappa shape index (κ3) is 1.95. The maximum Gasteiger partial charge on any atom is 0.102 e. The number of aliphatic hydroxyl groups excluding tert-OH is 1. The quantitative estimate of drug-likeness (QED) is 0.906. The van der Waals surface area contributed by atoms with Crippen molar-refractivity contribution in [2.45, 2.75) is 39.2 Å². The largest absolute Gasteiger partial charge is 0.386 e. The van der Waals surface area contributed by atoms with Crippen LogP contribution < -0.4 is 0 Å². The van der Waals surface area contributed by atoms with Gasteiger partial charge in [-0.2, -0.15) is 0 Å². The Kier molecular flexibility index (Phi) is 3.35. The standard InChI is InChI=1S/C18H21NO/c1-3-18(4-2)12-14-10-11-15(19-16(14)17(18)20)13-8-6-5-7-9-13/h5-11,17,20H,3-4,12H2,1-2H3/t17-/m0/s1. The molecule has 2 heteroatoms. The minimum absolute atomic E-state index is 0.0232. The molecular weight excluding hydrogens is 246 g/mol. The average molecular weight is 267 g/mol. The fraction of sp³-hybridized carbons (Fsp3) is 0.389. The molecule has 0 saturated heterocycles. The van der Waals surface area contributed by atoms with Crippen molar-refractivity contribution < 1.29 is 5.11 Å². The lowest BCUT2D eigenvalue weighted by Crippen LogP contribution is -2.24. The summed E-state index contributed by atoms with van der Waals surface area (Å²) in [4.78, 5) is 4.75. The van der Waals surface area contributed by atoms with Gasteiger partial charge in [0.15, 0.2) is 0 Å². The molecule has 20 heavy (non-hydrogen) atoms. The Labute approximate surface area is 120 Å². The van der Waals surface area contributed by atoms with Crippen LogP contribution in [0.2, 0.25) is 0 Å². The summed E-state index contributed by atoms with van der Waals surface area (Å²) in [6.45, 7) is 4.33. The molecule has 1 aromatic heterocycles. The van der Waals surface area contributed by atoms with Crippen molar-refractivity contribution in [3.63, 3.8) is 0 Å². The van der Waals surface area contributed by atoms with Gasteiger partial charge in [0, 0.05) is 11.0 Å². The van der Waals surface area contributed by atoms with E-state index in [4.69, 9.17) is 4.98 Å². The summed E-state index contributed by atoms with van der Waals surface area (Å²) in [6, 6.07) is 14.4. The van der Waals surface area contributed by atoms with Crippen LogP contribution in [0.5, 0.6) is 0 Å². The lowest BCUT2D eigenvalue weighted by molar-refractivity contribution is 0.0299. The van der Waals surface area contributed by atoms with Gasteiger partial charge >= 0.3 is 0 Å². The predicted molar refractivity (Wildman–Crippen MR) is 81.4 cm³/mol. The summed E-state index contributed by atoms with van der Waals surface area (Å²) in [5.74, 6) is 0. The Hall–Kier alpha value is -1.67. The minimum Gasteiger partial charge on any atom is -0.386 e. The van der Waals surface area contributed by atoms with Crippen LogP contribution in [0, 0.1) is 5.41 Å². The number of aromatic nitrogens is 1. The number of aliphatic hydroxyl groups is 1. The van der Waals surface area contributed by atoms with Gasteiger partial charge < -0.3 is 5.11 Å². The van der Waals surface area contributed by atoms with Gasteiger partial charge in [0.2, 0.25) is 0 Å². The second-order valence-corrected chi connectivity index (χ2v) is 5.76. The fourth-order valence-electron chi connectivity index (χ4n) is 3.31. The van der Waals surface area contributed by atoms with Gasteiger partial charge in [-0.1, -0.05) is 50.2 Å². The van der Waals surface area contributed by atoms with Crippen molar-refractivity contribution in [3.8, 4) is 11.3 Å². The van der Waals surface area contributed by atoms with Crippen LogP contribution in [0.4, 0.5) is 0 Å². The van der Waals surface area contributed by atoms with E-state index in [9.17, 15) is 5.11 Å². The third-order valence-corrected chi connectivity index (χ3v) is 4.87.